The molecule has 0 aliphatic rings. The number of amides is 1. The molecule has 1 unspecified atom stereocenters. The molecule has 0 radical (unpaired) electrons. The molecule has 0 fully saturated rings. The maximum absolute atomic E-state index is 14.5. The predicted molar refractivity (Wildman–Crippen MR) is 101 cm³/mol. The zero-order chi connectivity index (χ0) is 19.1. The number of nitrogens with one attached hydrogen (secondary N) is 1. The smallest absolute Gasteiger partial charge is 0.269 e. The van der Waals surface area contributed by atoms with Crippen LogP contribution in [0.5, 0.6) is 0 Å². The van der Waals surface area contributed by atoms with Crippen molar-refractivity contribution in [2.24, 2.45) is 5.73 Å². The van der Waals surface area contributed by atoms with Crippen LogP contribution in [0.3, 0.4) is 0 Å². The second kappa shape index (κ2) is 6.69. The Bertz CT molecular complexity index is 1170. The van der Waals surface area contributed by atoms with Crippen LogP contribution >= 0.6 is 11.3 Å². The van der Waals surface area contributed by atoms with E-state index in [9.17, 15) is 9.18 Å². The molecule has 0 saturated heterocycles. The lowest BCUT2D eigenvalue weighted by molar-refractivity contribution is 0.0958. The monoisotopic (exact) mass is 385 g/mol. The first-order valence-corrected chi connectivity index (χ1v) is 8.99. The number of carbonyl (C=O) groups excluding carboxylic acids is 1. The van der Waals surface area contributed by atoms with Gasteiger partial charge in [0.1, 0.15) is 11.5 Å². The number of pyridine rings is 1. The quantitative estimate of drug-likeness (QED) is 0.499. The van der Waals surface area contributed by atoms with Crippen molar-refractivity contribution >= 4 is 32.4 Å². The number of hydrogen-bond donors (Lipinski definition) is 3. The van der Waals surface area contributed by atoms with Crippen LogP contribution in [0.1, 0.15) is 22.1 Å². The number of nitrogens with two attached hydrogens (primary N) is 1. The van der Waals surface area contributed by atoms with Gasteiger partial charge in [0.2, 0.25) is 0 Å². The fraction of sp³-hybridized carbons (Fsp3) is 0.167. The molecule has 1 amide bonds. The van der Waals surface area contributed by atoms with E-state index in [0.29, 0.717) is 27.5 Å². The van der Waals surface area contributed by atoms with Crippen molar-refractivity contribution in [3.63, 3.8) is 0 Å². The van der Waals surface area contributed by atoms with Gasteiger partial charge in [0.25, 0.3) is 5.91 Å². The van der Waals surface area contributed by atoms with Gasteiger partial charge in [-0.05, 0) is 23.8 Å². The average Bonchev–Trinajstić information content (AvgIpc) is 3.23. The standard InChI is InChI=1S/C18H16FN5O2S/c1-21-17(26)13-5-16-15(6-22-13)24-7-14(23-18(24)27-16)10-3-2-9(4-11(10)19)12(20)8-25/h2-7,12,25H,8,20H2,1H3,(H,21,26). The van der Waals surface area contributed by atoms with Gasteiger partial charge in [0.15, 0.2) is 4.96 Å². The van der Waals surface area contributed by atoms with E-state index in [1.54, 1.807) is 37.6 Å². The van der Waals surface area contributed by atoms with Gasteiger partial charge >= 0.3 is 0 Å². The first kappa shape index (κ1) is 17.5. The van der Waals surface area contributed by atoms with Gasteiger partial charge in [-0.3, -0.25) is 9.20 Å². The third kappa shape index (κ3) is 2.95. The summed E-state index contributed by atoms with van der Waals surface area (Å²) in [4.78, 5) is 21.1. The summed E-state index contributed by atoms with van der Waals surface area (Å²) in [6, 6.07) is 5.69. The highest BCUT2D eigenvalue weighted by Gasteiger charge is 2.16. The Morgan fingerprint density at radius 2 is 2.26 bits per heavy atom. The van der Waals surface area contributed by atoms with Gasteiger partial charge in [-0.25, -0.2) is 14.4 Å². The molecular weight excluding hydrogens is 369 g/mol. The van der Waals surface area contributed by atoms with Crippen molar-refractivity contribution in [3.05, 3.63) is 53.7 Å². The minimum atomic E-state index is -0.622. The normalized spacial score (nSPS) is 12.6. The molecule has 0 bridgehead atoms. The van der Waals surface area contributed by atoms with Gasteiger partial charge in [-0.15, -0.1) is 0 Å². The van der Waals surface area contributed by atoms with Gasteiger partial charge in [-0.1, -0.05) is 17.4 Å². The molecule has 7 nitrogen and oxygen atoms in total. The Morgan fingerprint density at radius 3 is 2.96 bits per heavy atom. The molecule has 138 valence electrons. The Hall–Kier alpha value is -2.88. The highest BCUT2D eigenvalue weighted by molar-refractivity contribution is 7.23. The third-order valence-electron chi connectivity index (χ3n) is 4.33. The second-order valence-corrected chi connectivity index (χ2v) is 7.03. The number of thiazole rings is 1. The van der Waals surface area contributed by atoms with Crippen molar-refractivity contribution in [3.8, 4) is 11.3 Å². The molecule has 0 aliphatic carbocycles. The van der Waals surface area contributed by atoms with Crippen LogP contribution in [-0.4, -0.2) is 39.0 Å². The summed E-state index contributed by atoms with van der Waals surface area (Å²) in [5, 5.41) is 11.7. The molecule has 3 aromatic heterocycles. The van der Waals surface area contributed by atoms with Crippen molar-refractivity contribution < 1.29 is 14.3 Å². The van der Waals surface area contributed by atoms with Gasteiger partial charge in [0.05, 0.1) is 34.8 Å². The SMILES string of the molecule is CNC(=O)c1cc2sc3nc(-c4ccc(C(N)CO)cc4F)cn3c2cn1. The number of aliphatic hydroxyl groups is 1. The topological polar surface area (TPSA) is 106 Å². The van der Waals surface area contributed by atoms with Crippen LogP contribution in [0.4, 0.5) is 4.39 Å². The molecule has 27 heavy (non-hydrogen) atoms. The zero-order valence-electron chi connectivity index (χ0n) is 14.3. The number of aliphatic hydroxyl groups excluding tert-OH is 1. The Morgan fingerprint density at radius 1 is 1.44 bits per heavy atom. The molecule has 4 aromatic rings. The third-order valence-corrected chi connectivity index (χ3v) is 5.35. The minimum absolute atomic E-state index is 0.254. The lowest BCUT2D eigenvalue weighted by atomic mass is 10.0. The van der Waals surface area contributed by atoms with E-state index < -0.39 is 11.9 Å². The summed E-state index contributed by atoms with van der Waals surface area (Å²) in [6.07, 6.45) is 3.34. The van der Waals surface area contributed by atoms with E-state index in [0.717, 1.165) is 10.2 Å². The number of imidazole rings is 1. The van der Waals surface area contributed by atoms with Gasteiger partial charge in [-0.2, -0.15) is 0 Å². The summed E-state index contributed by atoms with van der Waals surface area (Å²) in [7, 11) is 1.55. The maximum atomic E-state index is 14.5. The zero-order valence-corrected chi connectivity index (χ0v) is 15.1. The van der Waals surface area contributed by atoms with Crippen molar-refractivity contribution in [2.75, 3.05) is 13.7 Å². The number of carbonyl (C=O) groups is 1. The van der Waals surface area contributed by atoms with E-state index in [-0.39, 0.29) is 12.5 Å². The van der Waals surface area contributed by atoms with Crippen LogP contribution in [0.15, 0.2) is 36.7 Å². The van der Waals surface area contributed by atoms with Crippen molar-refractivity contribution in [1.29, 1.82) is 0 Å². The number of rotatable bonds is 4. The highest BCUT2D eigenvalue weighted by Crippen LogP contribution is 2.31. The summed E-state index contributed by atoms with van der Waals surface area (Å²) < 4.78 is 17.2. The van der Waals surface area contributed by atoms with Crippen LogP contribution in [0, 0.1) is 5.82 Å². The molecule has 0 aliphatic heterocycles. The number of halogens is 1. The van der Waals surface area contributed by atoms with Gasteiger partial charge < -0.3 is 16.2 Å². The molecule has 4 N–H and O–H groups in total. The van der Waals surface area contributed by atoms with Crippen molar-refractivity contribution in [2.45, 2.75) is 6.04 Å². The van der Waals surface area contributed by atoms with E-state index in [4.69, 9.17) is 10.8 Å². The Kier molecular flexibility index (Phi) is 4.34. The van der Waals surface area contributed by atoms with Crippen LogP contribution in [0.25, 0.3) is 26.4 Å². The molecule has 4 rings (SSSR count). The largest absolute Gasteiger partial charge is 0.394 e. The lowest BCUT2D eigenvalue weighted by Crippen LogP contribution is -2.18. The first-order chi connectivity index (χ1) is 13.0. The van der Waals surface area contributed by atoms with Crippen LogP contribution in [0.2, 0.25) is 0 Å². The number of hydrogen-bond acceptors (Lipinski definition) is 6. The second-order valence-electron chi connectivity index (χ2n) is 6.03. The molecule has 9 heteroatoms. The Balaban J connectivity index is 1.77. The van der Waals surface area contributed by atoms with Crippen molar-refractivity contribution in [1.82, 2.24) is 19.7 Å². The molecule has 1 atom stereocenters. The van der Waals surface area contributed by atoms with E-state index in [1.807, 2.05) is 4.40 Å². The number of fused-ring (bicyclic) bond motifs is 3. The summed E-state index contributed by atoms with van der Waals surface area (Å²) in [5.41, 5.74) is 8.22. The molecule has 3 heterocycles. The summed E-state index contributed by atoms with van der Waals surface area (Å²) in [5.74, 6) is -0.710. The number of aromatic nitrogens is 3. The minimum Gasteiger partial charge on any atom is -0.394 e. The molecular formula is C18H16FN5O2S. The highest BCUT2D eigenvalue weighted by atomic mass is 32.1. The fourth-order valence-corrected chi connectivity index (χ4v) is 3.87. The molecule has 0 spiro atoms. The average molecular weight is 385 g/mol. The van der Waals surface area contributed by atoms with Gasteiger partial charge in [0, 0.05) is 18.8 Å². The summed E-state index contributed by atoms with van der Waals surface area (Å²) in [6.45, 7) is -0.254. The number of nitrogens with zero attached hydrogens (tertiary/aromatic N) is 3. The lowest BCUT2D eigenvalue weighted by Gasteiger charge is -2.09. The maximum Gasteiger partial charge on any atom is 0.269 e. The first-order valence-electron chi connectivity index (χ1n) is 8.18. The molecule has 1 aromatic carbocycles. The molecule has 0 saturated carbocycles. The fourth-order valence-electron chi connectivity index (χ4n) is 2.86. The Labute approximate surface area is 157 Å². The summed E-state index contributed by atoms with van der Waals surface area (Å²) >= 11 is 1.39. The predicted octanol–water partition coefficient (Wildman–Crippen LogP) is 2.10. The van der Waals surface area contributed by atoms with E-state index >= 15 is 0 Å². The van der Waals surface area contributed by atoms with Crippen LogP contribution < -0.4 is 11.1 Å². The van der Waals surface area contributed by atoms with E-state index in [2.05, 4.69) is 15.3 Å². The van der Waals surface area contributed by atoms with E-state index in [1.165, 1.54) is 17.4 Å². The van der Waals surface area contributed by atoms with Crippen LogP contribution in [-0.2, 0) is 0 Å². The number of benzene rings is 1.